The molecule has 0 spiro atoms. The molecule has 0 saturated carbocycles. The number of amides is 1. The number of carbonyl (C=O) groups excluding carboxylic acids is 2. The minimum atomic E-state index is -1.05. The first-order valence-corrected chi connectivity index (χ1v) is 7.36. The zero-order valence-corrected chi connectivity index (χ0v) is 14.1. The molecule has 1 fully saturated rings. The summed E-state index contributed by atoms with van der Waals surface area (Å²) in [5, 5.41) is 9.40. The third kappa shape index (κ3) is 4.19. The third-order valence-corrected chi connectivity index (χ3v) is 3.91. The molecule has 0 aromatic heterocycles. The molecule has 1 aliphatic rings. The Labute approximate surface area is 131 Å². The maximum absolute atomic E-state index is 12.8. The van der Waals surface area contributed by atoms with Gasteiger partial charge in [-0.2, -0.15) is 0 Å². The lowest BCUT2D eigenvalue weighted by atomic mass is 9.87. The summed E-state index contributed by atoms with van der Waals surface area (Å²) in [6, 6.07) is -0.897. The summed E-state index contributed by atoms with van der Waals surface area (Å²) in [6.07, 6.45) is -0.998. The summed E-state index contributed by atoms with van der Waals surface area (Å²) in [5.74, 6) is -2.06. The quantitative estimate of drug-likeness (QED) is 0.767. The fraction of sp³-hybridized carbons (Fsp3) is 0.800. The third-order valence-electron chi connectivity index (χ3n) is 3.91. The van der Waals surface area contributed by atoms with E-state index in [1.165, 1.54) is 11.8 Å². The van der Waals surface area contributed by atoms with Crippen LogP contribution in [0.25, 0.3) is 0 Å². The number of aliphatic carboxylic acids is 1. The van der Waals surface area contributed by atoms with Crippen LogP contribution in [0, 0.1) is 5.41 Å². The van der Waals surface area contributed by atoms with E-state index in [0.717, 1.165) is 0 Å². The van der Waals surface area contributed by atoms with Crippen molar-refractivity contribution in [2.45, 2.75) is 52.8 Å². The number of ether oxygens (including phenoxy) is 1. The van der Waals surface area contributed by atoms with Gasteiger partial charge in [0.15, 0.2) is 6.10 Å². The van der Waals surface area contributed by atoms with Gasteiger partial charge in [-0.1, -0.05) is 20.8 Å². The summed E-state index contributed by atoms with van der Waals surface area (Å²) in [5.41, 5.74) is -0.613. The van der Waals surface area contributed by atoms with Crippen molar-refractivity contribution in [2.24, 2.45) is 5.41 Å². The standard InChI is InChI=1S/C15H26N2O5/c1-9-7-17(11(14(20)21)8-16(9)6)13(19)12(15(3,4)5)22-10(2)18/h9,11-12H,7-8H2,1-6H3,(H,20,21)/t9?,11?,12-/m0/s1. The molecule has 126 valence electrons. The highest BCUT2D eigenvalue weighted by Gasteiger charge is 2.44. The fourth-order valence-electron chi connectivity index (χ4n) is 2.47. The van der Waals surface area contributed by atoms with Gasteiger partial charge in [0.1, 0.15) is 6.04 Å². The second kappa shape index (κ2) is 6.64. The SMILES string of the molecule is CC(=O)O[C@@H](C(=O)N1CC(C)N(C)CC1C(=O)O)C(C)(C)C. The number of piperazine rings is 1. The van der Waals surface area contributed by atoms with Gasteiger partial charge in [-0.3, -0.25) is 14.5 Å². The Kier molecular flexibility index (Phi) is 5.56. The summed E-state index contributed by atoms with van der Waals surface area (Å²) in [7, 11) is 1.83. The van der Waals surface area contributed by atoms with Crippen LogP contribution in [0.5, 0.6) is 0 Å². The van der Waals surface area contributed by atoms with Crippen molar-refractivity contribution in [2.75, 3.05) is 20.1 Å². The van der Waals surface area contributed by atoms with Gasteiger partial charge in [0.2, 0.25) is 0 Å². The maximum atomic E-state index is 12.8. The van der Waals surface area contributed by atoms with Gasteiger partial charge in [0.25, 0.3) is 5.91 Å². The Morgan fingerprint density at radius 1 is 1.23 bits per heavy atom. The molecule has 7 nitrogen and oxygen atoms in total. The number of hydrogen-bond donors (Lipinski definition) is 1. The molecule has 1 heterocycles. The predicted octanol–water partition coefficient (Wildman–Crippen LogP) is 0.580. The molecule has 3 atom stereocenters. The summed E-state index contributed by atoms with van der Waals surface area (Å²) < 4.78 is 5.18. The minimum Gasteiger partial charge on any atom is -0.480 e. The monoisotopic (exact) mass is 314 g/mol. The Balaban J connectivity index is 3.08. The first-order chi connectivity index (χ1) is 9.95. The summed E-state index contributed by atoms with van der Waals surface area (Å²) in [6.45, 7) is 9.07. The molecule has 1 amide bonds. The molecule has 0 bridgehead atoms. The highest BCUT2D eigenvalue weighted by Crippen LogP contribution is 2.26. The zero-order chi connectivity index (χ0) is 17.2. The summed E-state index contributed by atoms with van der Waals surface area (Å²) >= 11 is 0. The minimum absolute atomic E-state index is 0.0393. The molecular formula is C15H26N2O5. The van der Waals surface area contributed by atoms with Crippen molar-refractivity contribution >= 4 is 17.8 Å². The van der Waals surface area contributed by atoms with E-state index in [-0.39, 0.29) is 12.6 Å². The number of likely N-dealkylation sites (N-methyl/N-ethyl adjacent to an activating group) is 1. The number of carboxylic acid groups (broad SMARTS) is 1. The maximum Gasteiger partial charge on any atom is 0.327 e. The van der Waals surface area contributed by atoms with Crippen LogP contribution >= 0.6 is 0 Å². The number of nitrogens with zero attached hydrogens (tertiary/aromatic N) is 2. The molecule has 0 radical (unpaired) electrons. The van der Waals surface area contributed by atoms with Crippen molar-refractivity contribution in [1.29, 1.82) is 0 Å². The fourth-order valence-corrected chi connectivity index (χ4v) is 2.47. The molecule has 0 aliphatic carbocycles. The molecule has 0 aromatic carbocycles. The molecule has 1 saturated heterocycles. The van der Waals surface area contributed by atoms with Crippen LogP contribution in [0.4, 0.5) is 0 Å². The van der Waals surface area contributed by atoms with Crippen molar-refractivity contribution in [3.05, 3.63) is 0 Å². The van der Waals surface area contributed by atoms with Gasteiger partial charge in [0.05, 0.1) is 0 Å². The second-order valence-electron chi connectivity index (χ2n) is 6.99. The van der Waals surface area contributed by atoms with E-state index >= 15 is 0 Å². The van der Waals surface area contributed by atoms with Crippen molar-refractivity contribution in [3.63, 3.8) is 0 Å². The highest BCUT2D eigenvalue weighted by atomic mass is 16.5. The van der Waals surface area contributed by atoms with E-state index in [1.54, 1.807) is 20.8 Å². The second-order valence-corrected chi connectivity index (χ2v) is 6.99. The van der Waals surface area contributed by atoms with Crippen LogP contribution in [0.15, 0.2) is 0 Å². The van der Waals surface area contributed by atoms with Crippen LogP contribution in [0.3, 0.4) is 0 Å². The molecular weight excluding hydrogens is 288 g/mol. The van der Waals surface area contributed by atoms with Crippen LogP contribution in [-0.2, 0) is 19.1 Å². The van der Waals surface area contributed by atoms with E-state index in [9.17, 15) is 19.5 Å². The number of carbonyl (C=O) groups is 3. The van der Waals surface area contributed by atoms with Crippen molar-refractivity contribution in [3.8, 4) is 0 Å². The number of hydrogen-bond acceptors (Lipinski definition) is 5. The van der Waals surface area contributed by atoms with Gasteiger partial charge in [0, 0.05) is 31.5 Å². The van der Waals surface area contributed by atoms with Crippen LogP contribution in [0.2, 0.25) is 0 Å². The lowest BCUT2D eigenvalue weighted by molar-refractivity contribution is -0.172. The average molecular weight is 314 g/mol. The first-order valence-electron chi connectivity index (χ1n) is 7.36. The lowest BCUT2D eigenvalue weighted by Gasteiger charge is -2.44. The van der Waals surface area contributed by atoms with E-state index in [1.807, 2.05) is 18.9 Å². The van der Waals surface area contributed by atoms with E-state index in [2.05, 4.69) is 0 Å². The van der Waals surface area contributed by atoms with Crippen LogP contribution in [0.1, 0.15) is 34.6 Å². The van der Waals surface area contributed by atoms with E-state index < -0.39 is 35.4 Å². The molecule has 0 aromatic rings. The number of carboxylic acids is 1. The lowest BCUT2D eigenvalue weighted by Crippen LogP contribution is -2.63. The first kappa shape index (κ1) is 18.4. The topological polar surface area (TPSA) is 87.2 Å². The Hall–Kier alpha value is -1.63. The largest absolute Gasteiger partial charge is 0.480 e. The Morgan fingerprint density at radius 3 is 2.18 bits per heavy atom. The van der Waals surface area contributed by atoms with Crippen LogP contribution in [-0.4, -0.2) is 71.1 Å². The van der Waals surface area contributed by atoms with E-state index in [0.29, 0.717) is 6.54 Å². The van der Waals surface area contributed by atoms with Gasteiger partial charge in [-0.05, 0) is 14.0 Å². The number of esters is 1. The van der Waals surface area contributed by atoms with E-state index in [4.69, 9.17) is 4.74 Å². The van der Waals surface area contributed by atoms with Gasteiger partial charge in [-0.15, -0.1) is 0 Å². The molecule has 1 N–H and O–H groups in total. The summed E-state index contributed by atoms with van der Waals surface area (Å²) in [4.78, 5) is 38.8. The Bertz CT molecular complexity index is 457. The molecule has 7 heteroatoms. The highest BCUT2D eigenvalue weighted by molar-refractivity contribution is 5.88. The Morgan fingerprint density at radius 2 is 1.77 bits per heavy atom. The van der Waals surface area contributed by atoms with Crippen molar-refractivity contribution in [1.82, 2.24) is 9.80 Å². The van der Waals surface area contributed by atoms with Gasteiger partial charge >= 0.3 is 11.9 Å². The zero-order valence-electron chi connectivity index (χ0n) is 14.1. The van der Waals surface area contributed by atoms with Crippen molar-refractivity contribution < 1.29 is 24.2 Å². The van der Waals surface area contributed by atoms with Crippen LogP contribution < -0.4 is 0 Å². The molecule has 2 unspecified atom stereocenters. The molecule has 1 aliphatic heterocycles. The smallest absolute Gasteiger partial charge is 0.327 e. The average Bonchev–Trinajstić information content (AvgIpc) is 2.36. The molecule has 22 heavy (non-hydrogen) atoms. The van der Waals surface area contributed by atoms with Gasteiger partial charge < -0.3 is 14.7 Å². The molecule has 1 rings (SSSR count). The predicted molar refractivity (Wildman–Crippen MR) is 80.2 cm³/mol. The normalized spacial score (nSPS) is 24.7. The number of rotatable bonds is 3. The van der Waals surface area contributed by atoms with Gasteiger partial charge in [-0.25, -0.2) is 4.79 Å².